The lowest BCUT2D eigenvalue weighted by Gasteiger charge is -2.31. The second kappa shape index (κ2) is 10.6. The topological polar surface area (TPSA) is 92.5 Å². The average Bonchev–Trinajstić information content (AvgIpc) is 3.46. The number of fused-ring (bicyclic) bond motifs is 1. The predicted octanol–water partition coefficient (Wildman–Crippen LogP) is 4.13. The van der Waals surface area contributed by atoms with Gasteiger partial charge in [0, 0.05) is 31.6 Å². The average molecular weight is 491 g/mol. The molecule has 8 heteroatoms. The van der Waals surface area contributed by atoms with Crippen LogP contribution in [0.15, 0.2) is 70.3 Å². The number of aliphatic hydroxyl groups excluding tert-OH is 1. The van der Waals surface area contributed by atoms with Crippen LogP contribution in [0.5, 0.6) is 5.75 Å². The van der Waals surface area contributed by atoms with Gasteiger partial charge in [0.2, 0.25) is 5.78 Å². The van der Waals surface area contributed by atoms with Crippen molar-refractivity contribution in [2.45, 2.75) is 19.4 Å². The van der Waals surface area contributed by atoms with Gasteiger partial charge in [-0.2, -0.15) is 0 Å². The van der Waals surface area contributed by atoms with E-state index in [1.165, 1.54) is 0 Å². The zero-order valence-electron chi connectivity index (χ0n) is 20.3. The van der Waals surface area contributed by atoms with E-state index in [1.807, 2.05) is 49.4 Å². The molecule has 188 valence electrons. The predicted molar refractivity (Wildman–Crippen MR) is 134 cm³/mol. The summed E-state index contributed by atoms with van der Waals surface area (Å²) < 4.78 is 16.9. The summed E-state index contributed by atoms with van der Waals surface area (Å²) in [5.74, 6) is -0.781. The van der Waals surface area contributed by atoms with Crippen LogP contribution in [0, 0.1) is 0 Å². The van der Waals surface area contributed by atoms with E-state index in [4.69, 9.17) is 13.9 Å². The highest BCUT2D eigenvalue weighted by atomic mass is 16.5. The smallest absolute Gasteiger partial charge is 0.290 e. The Bertz CT molecular complexity index is 1240. The summed E-state index contributed by atoms with van der Waals surface area (Å²) in [4.78, 5) is 30.7. The third-order valence-electron chi connectivity index (χ3n) is 6.63. The third-order valence-corrected chi connectivity index (χ3v) is 6.63. The number of rotatable bonds is 9. The maximum absolute atomic E-state index is 13.7. The Labute approximate surface area is 209 Å². The van der Waals surface area contributed by atoms with Gasteiger partial charge in [-0.3, -0.25) is 14.5 Å². The maximum atomic E-state index is 13.7. The molecule has 0 bridgehead atoms. The van der Waals surface area contributed by atoms with Crippen LogP contribution in [0.3, 0.4) is 0 Å². The van der Waals surface area contributed by atoms with Gasteiger partial charge in [-0.25, -0.2) is 0 Å². The van der Waals surface area contributed by atoms with Crippen molar-refractivity contribution < 1.29 is 28.6 Å². The number of ether oxygens (including phenoxy) is 2. The Balaban J connectivity index is 1.48. The molecule has 1 N–H and O–H groups in total. The van der Waals surface area contributed by atoms with Crippen molar-refractivity contribution in [2.75, 3.05) is 46.0 Å². The second-order valence-electron chi connectivity index (χ2n) is 9.01. The standard InChI is InChI=1S/C28H30N2O6/c1-2-15-35-21-9-7-19(8-10-21)25-24(26(31)23-18-20-5-3-4-6-22(20)36-23)27(32)28(33)30(25)12-11-29-13-16-34-17-14-29/h3-10,18,25,32H,2,11-17H2,1H3. The Hall–Kier alpha value is -3.62. The summed E-state index contributed by atoms with van der Waals surface area (Å²) in [6.07, 6.45) is 0.890. The number of benzene rings is 2. The van der Waals surface area contributed by atoms with Gasteiger partial charge in [-0.15, -0.1) is 0 Å². The van der Waals surface area contributed by atoms with Crippen LogP contribution in [-0.2, 0) is 9.53 Å². The van der Waals surface area contributed by atoms with Crippen LogP contribution in [0.2, 0.25) is 0 Å². The van der Waals surface area contributed by atoms with Crippen LogP contribution in [-0.4, -0.2) is 72.6 Å². The number of amides is 1. The molecule has 1 amide bonds. The molecule has 1 unspecified atom stereocenters. The minimum absolute atomic E-state index is 0.0308. The molecule has 0 radical (unpaired) electrons. The molecule has 2 aliphatic heterocycles. The molecule has 8 nitrogen and oxygen atoms in total. The summed E-state index contributed by atoms with van der Waals surface area (Å²) in [6, 6.07) is 15.6. The number of hydrogen-bond donors (Lipinski definition) is 1. The minimum Gasteiger partial charge on any atom is -0.503 e. The molecule has 2 aliphatic rings. The molecule has 3 heterocycles. The Morgan fingerprint density at radius 2 is 1.83 bits per heavy atom. The van der Waals surface area contributed by atoms with E-state index in [9.17, 15) is 14.7 Å². The van der Waals surface area contributed by atoms with E-state index >= 15 is 0 Å². The van der Waals surface area contributed by atoms with Gasteiger partial charge >= 0.3 is 0 Å². The van der Waals surface area contributed by atoms with E-state index < -0.39 is 23.5 Å². The van der Waals surface area contributed by atoms with E-state index in [1.54, 1.807) is 17.0 Å². The highest BCUT2D eigenvalue weighted by molar-refractivity contribution is 6.16. The zero-order valence-corrected chi connectivity index (χ0v) is 20.3. The monoisotopic (exact) mass is 490 g/mol. The van der Waals surface area contributed by atoms with Crippen molar-refractivity contribution in [3.05, 3.63) is 77.3 Å². The second-order valence-corrected chi connectivity index (χ2v) is 9.01. The molecule has 1 aromatic heterocycles. The number of carbonyl (C=O) groups is 2. The summed E-state index contributed by atoms with van der Waals surface area (Å²) in [5.41, 5.74) is 1.32. The number of carbonyl (C=O) groups excluding carboxylic acids is 2. The highest BCUT2D eigenvalue weighted by Crippen LogP contribution is 2.40. The fourth-order valence-electron chi connectivity index (χ4n) is 4.73. The summed E-state index contributed by atoms with van der Waals surface area (Å²) in [6.45, 7) is 6.46. The molecule has 1 atom stereocenters. The number of morpholine rings is 1. The fourth-order valence-corrected chi connectivity index (χ4v) is 4.73. The van der Waals surface area contributed by atoms with Gasteiger partial charge in [0.25, 0.3) is 5.91 Å². The molecule has 2 aromatic carbocycles. The SMILES string of the molecule is CCCOc1ccc(C2C(C(=O)c3cc4ccccc4o3)=C(O)C(=O)N2CCN2CCOCC2)cc1. The highest BCUT2D eigenvalue weighted by Gasteiger charge is 2.44. The number of para-hydroxylation sites is 1. The maximum Gasteiger partial charge on any atom is 0.290 e. The Morgan fingerprint density at radius 1 is 1.08 bits per heavy atom. The first-order valence-corrected chi connectivity index (χ1v) is 12.4. The number of aliphatic hydroxyl groups is 1. The Morgan fingerprint density at radius 3 is 2.56 bits per heavy atom. The molecule has 1 fully saturated rings. The lowest BCUT2D eigenvalue weighted by Crippen LogP contribution is -2.43. The number of hydrogen-bond acceptors (Lipinski definition) is 7. The third kappa shape index (κ3) is 4.74. The van der Waals surface area contributed by atoms with E-state index in [-0.39, 0.29) is 11.3 Å². The van der Waals surface area contributed by atoms with E-state index in [0.717, 1.165) is 30.5 Å². The lowest BCUT2D eigenvalue weighted by atomic mass is 9.95. The van der Waals surface area contributed by atoms with Gasteiger partial charge in [0.05, 0.1) is 31.4 Å². The number of ketones is 1. The molecular formula is C28H30N2O6. The van der Waals surface area contributed by atoms with Crippen LogP contribution in [0.1, 0.15) is 35.5 Å². The molecule has 0 aliphatic carbocycles. The van der Waals surface area contributed by atoms with Crippen LogP contribution in [0.4, 0.5) is 0 Å². The lowest BCUT2D eigenvalue weighted by molar-refractivity contribution is -0.129. The van der Waals surface area contributed by atoms with Crippen molar-refractivity contribution >= 4 is 22.7 Å². The number of Topliss-reactive ketones (excluding diaryl/α,β-unsaturated/α-hetero) is 1. The zero-order chi connectivity index (χ0) is 25.1. The van der Waals surface area contributed by atoms with Crippen molar-refractivity contribution in [1.82, 2.24) is 9.80 Å². The first-order chi connectivity index (χ1) is 17.6. The quantitative estimate of drug-likeness (QED) is 0.451. The minimum atomic E-state index is -0.737. The summed E-state index contributed by atoms with van der Waals surface area (Å²) in [5, 5.41) is 11.7. The van der Waals surface area contributed by atoms with Gasteiger partial charge in [0.1, 0.15) is 11.3 Å². The van der Waals surface area contributed by atoms with Crippen LogP contribution >= 0.6 is 0 Å². The Kier molecular flexibility index (Phi) is 7.06. The van der Waals surface area contributed by atoms with Crippen LogP contribution in [0.25, 0.3) is 11.0 Å². The molecule has 5 rings (SSSR count). The fraction of sp³-hybridized carbons (Fsp3) is 0.357. The summed E-state index contributed by atoms with van der Waals surface area (Å²) in [7, 11) is 0. The molecule has 1 saturated heterocycles. The van der Waals surface area contributed by atoms with Gasteiger partial charge in [0.15, 0.2) is 11.5 Å². The molecule has 0 saturated carbocycles. The van der Waals surface area contributed by atoms with E-state index in [2.05, 4.69) is 4.90 Å². The molecule has 0 spiro atoms. The first-order valence-electron chi connectivity index (χ1n) is 12.4. The van der Waals surface area contributed by atoms with Crippen molar-refractivity contribution in [3.8, 4) is 5.75 Å². The van der Waals surface area contributed by atoms with Crippen molar-refractivity contribution in [1.29, 1.82) is 0 Å². The van der Waals surface area contributed by atoms with Crippen molar-refractivity contribution in [3.63, 3.8) is 0 Å². The molecular weight excluding hydrogens is 460 g/mol. The van der Waals surface area contributed by atoms with Gasteiger partial charge in [-0.05, 0) is 36.2 Å². The first kappa shape index (κ1) is 24.1. The number of nitrogens with zero attached hydrogens (tertiary/aromatic N) is 2. The number of furan rings is 1. The normalized spacial score (nSPS) is 18.9. The van der Waals surface area contributed by atoms with Gasteiger partial charge in [-0.1, -0.05) is 37.3 Å². The van der Waals surface area contributed by atoms with Crippen molar-refractivity contribution in [2.24, 2.45) is 0 Å². The largest absolute Gasteiger partial charge is 0.503 e. The molecule has 36 heavy (non-hydrogen) atoms. The van der Waals surface area contributed by atoms with E-state index in [0.29, 0.717) is 44.2 Å². The van der Waals surface area contributed by atoms with Gasteiger partial charge < -0.3 is 23.9 Å². The van der Waals surface area contributed by atoms with Crippen LogP contribution < -0.4 is 4.74 Å². The summed E-state index contributed by atoms with van der Waals surface area (Å²) >= 11 is 0. The molecule has 3 aromatic rings.